The Labute approximate surface area is 82.8 Å². The average molecular weight is 198 g/mol. The molecule has 2 rings (SSSR count). The molecule has 0 aromatic carbocycles. The normalized spacial score (nSPS) is 17.5. The Morgan fingerprint density at radius 1 is 1.08 bits per heavy atom. The van der Waals surface area contributed by atoms with Crippen LogP contribution in [0, 0.1) is 0 Å². The molecule has 0 bridgehead atoms. The number of rotatable bonds is 1. The van der Waals surface area contributed by atoms with Crippen LogP contribution in [0.1, 0.15) is 19.3 Å². The Hall–Kier alpha value is -0.830. The first-order valence-corrected chi connectivity index (χ1v) is 4.96. The van der Waals surface area contributed by atoms with Crippen LogP contribution in [0.3, 0.4) is 0 Å². The fourth-order valence-corrected chi connectivity index (χ4v) is 1.66. The Morgan fingerprint density at radius 3 is 2.31 bits per heavy atom. The van der Waals surface area contributed by atoms with Gasteiger partial charge < -0.3 is 4.90 Å². The molecule has 1 aliphatic rings. The molecule has 1 saturated heterocycles. The summed E-state index contributed by atoms with van der Waals surface area (Å²) >= 11 is 5.71. The number of nitrogens with zero attached hydrogens (tertiary/aromatic N) is 3. The summed E-state index contributed by atoms with van der Waals surface area (Å²) < 4.78 is 0. The number of hydrogen-bond acceptors (Lipinski definition) is 3. The van der Waals surface area contributed by atoms with Gasteiger partial charge in [-0.05, 0) is 19.3 Å². The Kier molecular flexibility index (Phi) is 2.64. The van der Waals surface area contributed by atoms with E-state index in [4.69, 9.17) is 11.6 Å². The van der Waals surface area contributed by atoms with E-state index < -0.39 is 0 Å². The van der Waals surface area contributed by atoms with Crippen molar-refractivity contribution in [1.29, 1.82) is 0 Å². The molecule has 0 aliphatic carbocycles. The summed E-state index contributed by atoms with van der Waals surface area (Å²) in [7, 11) is 0. The van der Waals surface area contributed by atoms with E-state index in [-0.39, 0.29) is 0 Å². The molecule has 0 radical (unpaired) electrons. The van der Waals surface area contributed by atoms with E-state index >= 15 is 0 Å². The maximum absolute atomic E-state index is 5.71. The number of hydrogen-bond donors (Lipinski definition) is 0. The number of halogens is 1. The van der Waals surface area contributed by atoms with Gasteiger partial charge in [0.05, 0.1) is 17.4 Å². The molecule has 1 aromatic heterocycles. The van der Waals surface area contributed by atoms with Crippen molar-refractivity contribution in [1.82, 2.24) is 9.97 Å². The van der Waals surface area contributed by atoms with Gasteiger partial charge in [0, 0.05) is 13.1 Å². The highest BCUT2D eigenvalue weighted by molar-refractivity contribution is 6.30. The van der Waals surface area contributed by atoms with E-state index in [2.05, 4.69) is 14.9 Å². The minimum atomic E-state index is 0.598. The van der Waals surface area contributed by atoms with E-state index in [9.17, 15) is 0 Å². The van der Waals surface area contributed by atoms with Gasteiger partial charge >= 0.3 is 0 Å². The van der Waals surface area contributed by atoms with Gasteiger partial charge in [-0.15, -0.1) is 0 Å². The van der Waals surface area contributed by atoms with E-state index in [0.29, 0.717) is 5.02 Å². The summed E-state index contributed by atoms with van der Waals surface area (Å²) in [5.74, 6) is 0.809. The highest BCUT2D eigenvalue weighted by Gasteiger charge is 2.12. The zero-order valence-corrected chi connectivity index (χ0v) is 8.17. The first-order chi connectivity index (χ1) is 6.36. The molecule has 4 heteroatoms. The molecular formula is C9H12ClN3. The van der Waals surface area contributed by atoms with Crippen molar-refractivity contribution in [3.05, 3.63) is 17.4 Å². The van der Waals surface area contributed by atoms with Crippen molar-refractivity contribution in [3.63, 3.8) is 0 Å². The van der Waals surface area contributed by atoms with Crippen LogP contribution < -0.4 is 4.90 Å². The Balaban J connectivity index is 2.10. The monoisotopic (exact) mass is 197 g/mol. The summed E-state index contributed by atoms with van der Waals surface area (Å²) in [5.41, 5.74) is 0. The third kappa shape index (κ3) is 2.10. The van der Waals surface area contributed by atoms with Crippen LogP contribution in [0.15, 0.2) is 12.4 Å². The maximum atomic E-state index is 5.71. The van der Waals surface area contributed by atoms with E-state index in [1.54, 1.807) is 12.4 Å². The second-order valence-corrected chi connectivity index (χ2v) is 3.69. The van der Waals surface area contributed by atoms with Crippen LogP contribution in [0.4, 0.5) is 5.95 Å². The van der Waals surface area contributed by atoms with Crippen molar-refractivity contribution in [2.75, 3.05) is 18.0 Å². The van der Waals surface area contributed by atoms with Crippen molar-refractivity contribution in [2.24, 2.45) is 0 Å². The van der Waals surface area contributed by atoms with Gasteiger partial charge in [-0.3, -0.25) is 0 Å². The smallest absolute Gasteiger partial charge is 0.225 e. The van der Waals surface area contributed by atoms with Gasteiger partial charge in [0.2, 0.25) is 5.95 Å². The van der Waals surface area contributed by atoms with Gasteiger partial charge in [-0.25, -0.2) is 9.97 Å². The molecule has 0 amide bonds. The molecule has 0 atom stereocenters. The number of anilines is 1. The minimum absolute atomic E-state index is 0.598. The van der Waals surface area contributed by atoms with E-state index in [1.165, 1.54) is 19.3 Å². The molecular weight excluding hydrogens is 186 g/mol. The van der Waals surface area contributed by atoms with Crippen LogP contribution in [0.5, 0.6) is 0 Å². The molecule has 0 N–H and O–H groups in total. The summed E-state index contributed by atoms with van der Waals surface area (Å²) in [6, 6.07) is 0. The zero-order valence-electron chi connectivity index (χ0n) is 7.41. The molecule has 13 heavy (non-hydrogen) atoms. The van der Waals surface area contributed by atoms with Gasteiger partial charge in [-0.2, -0.15) is 0 Å². The van der Waals surface area contributed by atoms with Crippen molar-refractivity contribution in [3.8, 4) is 0 Å². The molecule has 70 valence electrons. The Bertz CT molecular complexity index is 267. The van der Waals surface area contributed by atoms with Crippen molar-refractivity contribution in [2.45, 2.75) is 19.3 Å². The average Bonchev–Trinajstić information content (AvgIpc) is 2.20. The Morgan fingerprint density at radius 2 is 1.69 bits per heavy atom. The van der Waals surface area contributed by atoms with Gasteiger partial charge in [-0.1, -0.05) is 11.6 Å². The highest BCUT2D eigenvalue weighted by atomic mass is 35.5. The summed E-state index contributed by atoms with van der Waals surface area (Å²) in [4.78, 5) is 10.6. The van der Waals surface area contributed by atoms with Crippen LogP contribution >= 0.6 is 11.6 Å². The summed E-state index contributed by atoms with van der Waals surface area (Å²) in [6.07, 6.45) is 7.11. The lowest BCUT2D eigenvalue weighted by Crippen LogP contribution is -2.30. The van der Waals surface area contributed by atoms with Crippen LogP contribution in [0.25, 0.3) is 0 Å². The lowest BCUT2D eigenvalue weighted by atomic mass is 10.1. The number of aromatic nitrogens is 2. The largest absolute Gasteiger partial charge is 0.341 e. The summed E-state index contributed by atoms with van der Waals surface area (Å²) in [6.45, 7) is 2.14. The fraction of sp³-hybridized carbons (Fsp3) is 0.556. The molecule has 2 heterocycles. The first-order valence-electron chi connectivity index (χ1n) is 4.59. The second kappa shape index (κ2) is 3.92. The SMILES string of the molecule is Clc1cnc(N2CCCCC2)nc1. The molecule has 0 spiro atoms. The highest BCUT2D eigenvalue weighted by Crippen LogP contribution is 2.15. The van der Waals surface area contributed by atoms with Crippen LogP contribution in [0.2, 0.25) is 5.02 Å². The van der Waals surface area contributed by atoms with Gasteiger partial charge in [0.15, 0.2) is 0 Å². The second-order valence-electron chi connectivity index (χ2n) is 3.25. The minimum Gasteiger partial charge on any atom is -0.341 e. The van der Waals surface area contributed by atoms with Gasteiger partial charge in [0.1, 0.15) is 0 Å². The molecule has 0 unspecified atom stereocenters. The predicted octanol–water partition coefficient (Wildman–Crippen LogP) is 2.12. The maximum Gasteiger partial charge on any atom is 0.225 e. The quantitative estimate of drug-likeness (QED) is 0.691. The first kappa shape index (κ1) is 8.75. The van der Waals surface area contributed by atoms with E-state index in [1.807, 2.05) is 0 Å². The van der Waals surface area contributed by atoms with Crippen molar-refractivity contribution >= 4 is 17.5 Å². The fourth-order valence-electron chi connectivity index (χ4n) is 1.56. The summed E-state index contributed by atoms with van der Waals surface area (Å²) in [5, 5.41) is 0.598. The predicted molar refractivity (Wildman–Crippen MR) is 53.1 cm³/mol. The van der Waals surface area contributed by atoms with Crippen LogP contribution in [-0.2, 0) is 0 Å². The zero-order chi connectivity index (χ0) is 9.10. The van der Waals surface area contributed by atoms with Crippen molar-refractivity contribution < 1.29 is 0 Å². The van der Waals surface area contributed by atoms with Crippen LogP contribution in [-0.4, -0.2) is 23.1 Å². The molecule has 1 aromatic rings. The lowest BCUT2D eigenvalue weighted by molar-refractivity contribution is 0.568. The van der Waals surface area contributed by atoms with E-state index in [0.717, 1.165) is 19.0 Å². The lowest BCUT2D eigenvalue weighted by Gasteiger charge is -2.26. The third-order valence-corrected chi connectivity index (χ3v) is 2.44. The molecule has 1 fully saturated rings. The third-order valence-electron chi connectivity index (χ3n) is 2.25. The van der Waals surface area contributed by atoms with Gasteiger partial charge in [0.25, 0.3) is 0 Å². The molecule has 3 nitrogen and oxygen atoms in total. The molecule has 1 aliphatic heterocycles. The topological polar surface area (TPSA) is 29.0 Å². The number of piperidine rings is 1. The molecule has 0 saturated carbocycles. The standard InChI is InChI=1S/C9H12ClN3/c10-8-6-11-9(12-7-8)13-4-2-1-3-5-13/h6-7H,1-5H2.